The van der Waals surface area contributed by atoms with Crippen LogP contribution in [0.5, 0.6) is 0 Å². The average Bonchev–Trinajstić information content (AvgIpc) is 3.24. The zero-order chi connectivity index (χ0) is 18.5. The highest BCUT2D eigenvalue weighted by atomic mass is 16.5. The van der Waals surface area contributed by atoms with Crippen molar-refractivity contribution in [1.29, 1.82) is 0 Å². The molecule has 1 fully saturated rings. The molecule has 1 saturated heterocycles. The Balaban J connectivity index is 1.60. The molecule has 1 atom stereocenters. The monoisotopic (exact) mass is 361 g/mol. The largest absolute Gasteiger partial charge is 0.465 e. The lowest BCUT2D eigenvalue weighted by Gasteiger charge is -2.33. The number of aryl methyl sites for hydroxylation is 2. The number of hydrogen-bond donors (Lipinski definition) is 1. The lowest BCUT2D eigenvalue weighted by atomic mass is 10.1. The summed E-state index contributed by atoms with van der Waals surface area (Å²) in [6.45, 7) is 5.98. The molecule has 0 saturated carbocycles. The van der Waals surface area contributed by atoms with Gasteiger partial charge in [0.2, 0.25) is 0 Å². The molecule has 26 heavy (non-hydrogen) atoms. The Hall–Kier alpha value is -2.32. The van der Waals surface area contributed by atoms with Gasteiger partial charge in [-0.2, -0.15) is 5.10 Å². The Labute approximate surface area is 153 Å². The van der Waals surface area contributed by atoms with Gasteiger partial charge in [0.1, 0.15) is 11.5 Å². The van der Waals surface area contributed by atoms with Gasteiger partial charge in [0.25, 0.3) is 0 Å². The molecule has 0 radical (unpaired) electrons. The van der Waals surface area contributed by atoms with Crippen molar-refractivity contribution in [3.8, 4) is 0 Å². The molecule has 0 spiro atoms. The zero-order valence-electron chi connectivity index (χ0n) is 15.6. The minimum Gasteiger partial charge on any atom is -0.465 e. The Morgan fingerprint density at radius 2 is 2.15 bits per heavy atom. The van der Waals surface area contributed by atoms with Crippen LogP contribution >= 0.6 is 0 Å². The second-order valence-corrected chi connectivity index (χ2v) is 6.68. The van der Waals surface area contributed by atoms with E-state index in [0.717, 1.165) is 30.2 Å². The average molecular weight is 361 g/mol. The fraction of sp³-hybridized carbons (Fsp3) is 0.556. The van der Waals surface area contributed by atoms with Gasteiger partial charge in [0.05, 0.1) is 32.0 Å². The second kappa shape index (κ2) is 8.37. The predicted octanol–water partition coefficient (Wildman–Crippen LogP) is 1.54. The number of rotatable bonds is 6. The van der Waals surface area contributed by atoms with Crippen molar-refractivity contribution in [2.24, 2.45) is 7.05 Å². The SMILES string of the molecule is Cc1ccc([C@H](CNC(=O)N(C)Cc2cnn(C)c2)N2CCOCC2)o1. The summed E-state index contributed by atoms with van der Waals surface area (Å²) in [6.07, 6.45) is 3.68. The van der Waals surface area contributed by atoms with Crippen LogP contribution in [0.15, 0.2) is 28.9 Å². The minimum absolute atomic E-state index is 0.00309. The lowest BCUT2D eigenvalue weighted by molar-refractivity contribution is 0.0119. The molecule has 8 heteroatoms. The molecule has 8 nitrogen and oxygen atoms in total. The number of carbonyl (C=O) groups is 1. The number of urea groups is 1. The van der Waals surface area contributed by atoms with Crippen LogP contribution in [0.2, 0.25) is 0 Å². The first-order valence-electron chi connectivity index (χ1n) is 8.87. The maximum Gasteiger partial charge on any atom is 0.317 e. The highest BCUT2D eigenvalue weighted by Crippen LogP contribution is 2.23. The smallest absolute Gasteiger partial charge is 0.317 e. The minimum atomic E-state index is -0.115. The van der Waals surface area contributed by atoms with Crippen LogP contribution in [-0.4, -0.2) is 65.5 Å². The van der Waals surface area contributed by atoms with Crippen molar-refractivity contribution in [1.82, 2.24) is 24.9 Å². The van der Waals surface area contributed by atoms with Crippen LogP contribution in [0.25, 0.3) is 0 Å². The van der Waals surface area contributed by atoms with Gasteiger partial charge in [-0.25, -0.2) is 4.79 Å². The summed E-state index contributed by atoms with van der Waals surface area (Å²) >= 11 is 0. The summed E-state index contributed by atoms with van der Waals surface area (Å²) in [5.41, 5.74) is 0.997. The number of carbonyl (C=O) groups excluding carboxylic acids is 1. The van der Waals surface area contributed by atoms with Crippen LogP contribution in [0.1, 0.15) is 23.1 Å². The Morgan fingerprint density at radius 1 is 1.38 bits per heavy atom. The Bertz CT molecular complexity index is 720. The normalized spacial score (nSPS) is 16.4. The van der Waals surface area contributed by atoms with Crippen molar-refractivity contribution in [2.45, 2.75) is 19.5 Å². The van der Waals surface area contributed by atoms with Crippen LogP contribution in [0.4, 0.5) is 4.79 Å². The molecule has 2 aromatic heterocycles. The first kappa shape index (κ1) is 18.5. The van der Waals surface area contributed by atoms with E-state index in [2.05, 4.69) is 15.3 Å². The molecule has 2 aromatic rings. The van der Waals surface area contributed by atoms with Gasteiger partial charge < -0.3 is 19.4 Å². The van der Waals surface area contributed by atoms with E-state index in [9.17, 15) is 4.79 Å². The molecule has 0 aliphatic carbocycles. The number of hydrogen-bond acceptors (Lipinski definition) is 5. The molecular weight excluding hydrogens is 334 g/mol. The maximum atomic E-state index is 12.5. The van der Waals surface area contributed by atoms with Gasteiger partial charge in [0, 0.05) is 45.5 Å². The summed E-state index contributed by atoms with van der Waals surface area (Å²) in [5, 5.41) is 7.17. The number of nitrogens with zero attached hydrogens (tertiary/aromatic N) is 4. The summed E-state index contributed by atoms with van der Waals surface area (Å²) in [6, 6.07) is 3.83. The molecule has 0 bridgehead atoms. The quantitative estimate of drug-likeness (QED) is 0.845. The van der Waals surface area contributed by atoms with Crippen molar-refractivity contribution < 1.29 is 13.9 Å². The van der Waals surface area contributed by atoms with Gasteiger partial charge in [0.15, 0.2) is 0 Å². The van der Waals surface area contributed by atoms with Crippen molar-refractivity contribution in [3.05, 3.63) is 41.6 Å². The first-order valence-corrected chi connectivity index (χ1v) is 8.87. The van der Waals surface area contributed by atoms with E-state index in [0.29, 0.717) is 26.3 Å². The van der Waals surface area contributed by atoms with E-state index in [-0.39, 0.29) is 12.1 Å². The van der Waals surface area contributed by atoms with Crippen LogP contribution in [0, 0.1) is 6.92 Å². The first-order chi connectivity index (χ1) is 12.5. The highest BCUT2D eigenvalue weighted by Gasteiger charge is 2.26. The molecule has 1 N–H and O–H groups in total. The van der Waals surface area contributed by atoms with Crippen molar-refractivity contribution in [3.63, 3.8) is 0 Å². The fourth-order valence-electron chi connectivity index (χ4n) is 3.15. The zero-order valence-corrected chi connectivity index (χ0v) is 15.6. The van der Waals surface area contributed by atoms with E-state index in [1.807, 2.05) is 32.3 Å². The third-order valence-electron chi connectivity index (χ3n) is 4.55. The molecule has 3 heterocycles. The molecule has 1 aliphatic heterocycles. The molecule has 0 aromatic carbocycles. The van der Waals surface area contributed by atoms with Crippen LogP contribution in [0.3, 0.4) is 0 Å². The van der Waals surface area contributed by atoms with E-state index in [1.165, 1.54) is 0 Å². The standard InChI is InChI=1S/C18H27N5O3/c1-14-4-5-17(26-14)16(23-6-8-25-9-7-23)11-19-18(24)21(2)12-15-10-20-22(3)13-15/h4-5,10,13,16H,6-9,11-12H2,1-3H3,(H,19,24)/t16-/m0/s1. The highest BCUT2D eigenvalue weighted by molar-refractivity contribution is 5.73. The molecule has 1 aliphatic rings. The van der Waals surface area contributed by atoms with E-state index in [4.69, 9.17) is 9.15 Å². The molecule has 142 valence electrons. The number of morpholine rings is 1. The molecule has 2 amide bonds. The Kier molecular flexibility index (Phi) is 5.95. The number of amides is 2. The summed E-state index contributed by atoms with van der Waals surface area (Å²) in [5.74, 6) is 1.75. The summed E-state index contributed by atoms with van der Waals surface area (Å²) in [7, 11) is 3.64. The van der Waals surface area contributed by atoms with Crippen LogP contribution < -0.4 is 5.32 Å². The molecule has 3 rings (SSSR count). The van der Waals surface area contributed by atoms with Crippen LogP contribution in [-0.2, 0) is 18.3 Å². The van der Waals surface area contributed by atoms with Gasteiger partial charge >= 0.3 is 6.03 Å². The van der Waals surface area contributed by atoms with Crippen molar-refractivity contribution >= 4 is 6.03 Å². The van der Waals surface area contributed by atoms with Crippen molar-refractivity contribution in [2.75, 3.05) is 39.9 Å². The van der Waals surface area contributed by atoms with Gasteiger partial charge in [-0.3, -0.25) is 9.58 Å². The Morgan fingerprint density at radius 3 is 2.77 bits per heavy atom. The van der Waals surface area contributed by atoms with Gasteiger partial charge in [-0.05, 0) is 19.1 Å². The summed E-state index contributed by atoms with van der Waals surface area (Å²) in [4.78, 5) is 16.4. The van der Waals surface area contributed by atoms with Gasteiger partial charge in [-0.15, -0.1) is 0 Å². The molecule has 0 unspecified atom stereocenters. The van der Waals surface area contributed by atoms with E-state index < -0.39 is 0 Å². The number of furan rings is 1. The van der Waals surface area contributed by atoms with Gasteiger partial charge in [-0.1, -0.05) is 0 Å². The third kappa shape index (κ3) is 4.64. The third-order valence-corrected chi connectivity index (χ3v) is 4.55. The fourth-order valence-corrected chi connectivity index (χ4v) is 3.15. The van der Waals surface area contributed by atoms with E-state index >= 15 is 0 Å². The van der Waals surface area contributed by atoms with E-state index in [1.54, 1.807) is 22.8 Å². The number of nitrogens with one attached hydrogen (secondary N) is 1. The second-order valence-electron chi connectivity index (χ2n) is 6.68. The molecular formula is C18H27N5O3. The number of ether oxygens (including phenoxy) is 1. The summed E-state index contributed by atoms with van der Waals surface area (Å²) < 4.78 is 13.0. The topological polar surface area (TPSA) is 75.8 Å². The predicted molar refractivity (Wildman–Crippen MR) is 96.7 cm³/mol. The lowest BCUT2D eigenvalue weighted by Crippen LogP contribution is -2.45. The maximum absolute atomic E-state index is 12.5. The number of aromatic nitrogens is 2.